The molecular weight excluding hydrogens is 214 g/mol. The third-order valence-corrected chi connectivity index (χ3v) is 0. The van der Waals surface area contributed by atoms with Crippen LogP contribution >= 0.6 is 0 Å². The molecule has 0 aromatic carbocycles. The first-order valence-corrected chi connectivity index (χ1v) is 1.37. The molecule has 0 aliphatic rings. The topological polar surface area (TPSA) is 84.9 Å². The van der Waals surface area contributed by atoms with Crippen molar-refractivity contribution in [1.29, 1.82) is 10.5 Å². The summed E-state index contributed by atoms with van der Waals surface area (Å²) in [5, 5.41) is 19.9. The van der Waals surface area contributed by atoms with Gasteiger partial charge in [0.25, 0.3) is 5.97 Å². The second-order valence-electron chi connectivity index (χ2n) is 0.519. The fourth-order valence-corrected chi connectivity index (χ4v) is 0. The van der Waals surface area contributed by atoms with E-state index in [2.05, 4.69) is 0 Å². The van der Waals surface area contributed by atoms with E-state index in [1.807, 2.05) is 0 Å². The summed E-state index contributed by atoms with van der Waals surface area (Å²) in [6.07, 6.45) is 0. The van der Waals surface area contributed by atoms with E-state index in [9.17, 15) is 0 Å². The molecule has 0 amide bonds. The Hall–Kier alpha value is -0.888. The van der Waals surface area contributed by atoms with Gasteiger partial charge in [-0.05, 0) is 0 Å². The monoisotopic (exact) mass is 218 g/mol. The average molecular weight is 219 g/mol. The van der Waals surface area contributed by atoms with Crippen molar-refractivity contribution in [3.05, 3.63) is 13.1 Å². The first-order valence-electron chi connectivity index (χ1n) is 1.37. The molecule has 1 N–H and O–H groups in total. The van der Waals surface area contributed by atoms with Crippen LogP contribution in [0.2, 0.25) is 0 Å². The van der Waals surface area contributed by atoms with Crippen LogP contribution in [0.1, 0.15) is 6.92 Å². The summed E-state index contributed by atoms with van der Waals surface area (Å²) in [5.41, 5.74) is 0. The zero-order valence-electron chi connectivity index (χ0n) is 4.57. The first kappa shape index (κ1) is 24.3. The van der Waals surface area contributed by atoms with Crippen LogP contribution in [0.15, 0.2) is 0 Å². The summed E-state index contributed by atoms with van der Waals surface area (Å²) in [6, 6.07) is 0. The van der Waals surface area contributed by atoms with Gasteiger partial charge < -0.3 is 28.8 Å². The van der Waals surface area contributed by atoms with Crippen LogP contribution in [0.4, 0.5) is 0 Å². The van der Waals surface area contributed by atoms with Gasteiger partial charge in [-0.2, -0.15) is 0 Å². The molecule has 0 bridgehead atoms. The maximum atomic E-state index is 9.00. The largest absolute Gasteiger partial charge is 2.00 e. The Morgan fingerprint density at radius 2 is 1.33 bits per heavy atom. The van der Waals surface area contributed by atoms with Crippen molar-refractivity contribution in [3.63, 3.8) is 0 Å². The van der Waals surface area contributed by atoms with E-state index >= 15 is 0 Å². The van der Waals surface area contributed by atoms with Crippen molar-refractivity contribution in [1.82, 2.24) is 0 Å². The number of nitrogens with zero attached hydrogens (tertiary/aromatic N) is 2. The summed E-state index contributed by atoms with van der Waals surface area (Å²) in [7, 11) is 0. The van der Waals surface area contributed by atoms with Crippen LogP contribution in [0.5, 0.6) is 0 Å². The second kappa shape index (κ2) is 59.6. The molecule has 0 saturated carbocycles. The quantitative estimate of drug-likeness (QED) is 0.467. The van der Waals surface area contributed by atoms with Crippen LogP contribution < -0.4 is 0 Å². The molecule has 0 unspecified atom stereocenters. The first-order chi connectivity index (χ1) is 3.73. The van der Waals surface area contributed by atoms with Gasteiger partial charge >= 0.3 is 20.4 Å². The van der Waals surface area contributed by atoms with Gasteiger partial charge in [0.05, 0.1) is 0 Å². The molecule has 0 aromatic heterocycles. The molecule has 0 saturated heterocycles. The van der Waals surface area contributed by atoms with Crippen LogP contribution in [0, 0.1) is 23.7 Å². The molecule has 0 spiro atoms. The normalized spacial score (nSPS) is 3.22. The van der Waals surface area contributed by atoms with E-state index < -0.39 is 5.97 Å². The molecule has 9 heavy (non-hydrogen) atoms. The van der Waals surface area contributed by atoms with Crippen molar-refractivity contribution < 1.29 is 30.3 Å². The van der Waals surface area contributed by atoms with E-state index in [0.717, 1.165) is 6.92 Å². The van der Waals surface area contributed by atoms with Crippen molar-refractivity contribution in [3.8, 4) is 0 Å². The molecule has 0 aliphatic carbocycles. The molecule has 0 aromatic rings. The maximum absolute atomic E-state index is 9.00. The third-order valence-electron chi connectivity index (χ3n) is 0. The molecule has 52 valence electrons. The number of carbonyl (C=O) groups is 1. The summed E-state index contributed by atoms with van der Waals surface area (Å²) >= 11 is 0. The Morgan fingerprint density at radius 1 is 1.33 bits per heavy atom. The number of carboxylic acid groups (broad SMARTS) is 1. The van der Waals surface area contributed by atoms with Gasteiger partial charge in [0.2, 0.25) is 0 Å². The third kappa shape index (κ3) is 236. The SMILES string of the molecule is CC(=O)O.[C-]#N.[C-]#N.[Pd+2]. The van der Waals surface area contributed by atoms with Crippen molar-refractivity contribution >= 4 is 5.97 Å². The minimum Gasteiger partial charge on any atom is -0.512 e. The zero-order chi connectivity index (χ0) is 7.58. The molecule has 0 radical (unpaired) electrons. The number of hydrogen-bond donors (Lipinski definition) is 1. The van der Waals surface area contributed by atoms with Crippen LogP contribution in [0.25, 0.3) is 0 Å². The van der Waals surface area contributed by atoms with Crippen molar-refractivity contribution in [2.24, 2.45) is 0 Å². The van der Waals surface area contributed by atoms with Gasteiger partial charge in [0, 0.05) is 6.92 Å². The Balaban J connectivity index is -0.0000000221. The van der Waals surface area contributed by atoms with E-state index in [-0.39, 0.29) is 20.4 Å². The molecule has 0 atom stereocenters. The zero-order valence-corrected chi connectivity index (χ0v) is 6.12. The molecule has 5 heteroatoms. The second-order valence-corrected chi connectivity index (χ2v) is 0.519. The molecule has 0 rings (SSSR count). The summed E-state index contributed by atoms with van der Waals surface area (Å²) in [6.45, 7) is 10.6. The maximum Gasteiger partial charge on any atom is 2.00 e. The van der Waals surface area contributed by atoms with Crippen LogP contribution in [-0.2, 0) is 25.2 Å². The molecule has 0 heterocycles. The fraction of sp³-hybridized carbons (Fsp3) is 0.250. The predicted molar refractivity (Wildman–Crippen MR) is 23.2 cm³/mol. The molecule has 0 aliphatic heterocycles. The summed E-state index contributed by atoms with van der Waals surface area (Å²) < 4.78 is 0. The Morgan fingerprint density at radius 3 is 1.33 bits per heavy atom. The van der Waals surface area contributed by atoms with Gasteiger partial charge in [-0.25, -0.2) is 0 Å². The van der Waals surface area contributed by atoms with E-state index in [4.69, 9.17) is 33.6 Å². The average Bonchev–Trinajstić information content (AvgIpc) is 1.75. The number of rotatable bonds is 0. The molecule has 0 fully saturated rings. The molecule has 4 nitrogen and oxygen atoms in total. The van der Waals surface area contributed by atoms with E-state index in [1.165, 1.54) is 0 Å². The van der Waals surface area contributed by atoms with Gasteiger partial charge in [0.15, 0.2) is 0 Å². The minimum atomic E-state index is -0.833. The van der Waals surface area contributed by atoms with Crippen molar-refractivity contribution in [2.45, 2.75) is 6.92 Å². The minimum absolute atomic E-state index is 0. The Labute approximate surface area is 67.4 Å². The van der Waals surface area contributed by atoms with Gasteiger partial charge in [0.1, 0.15) is 0 Å². The Kier molecular flexibility index (Phi) is 161. The smallest absolute Gasteiger partial charge is 0.512 e. The predicted octanol–water partition coefficient (Wildman–Crippen LogP) is 0.281. The standard InChI is InChI=1S/C2H4O2.2CN.Pd/c1-2(3)4;2*1-2;/h1H3,(H,3,4);;;/q;2*-1;+2. The van der Waals surface area contributed by atoms with E-state index in [1.54, 1.807) is 0 Å². The summed E-state index contributed by atoms with van der Waals surface area (Å²) in [5.74, 6) is -0.833. The molecular formula is C4H4N2O2Pd. The summed E-state index contributed by atoms with van der Waals surface area (Å²) in [4.78, 5) is 9.00. The number of carboxylic acids is 1. The fourth-order valence-electron chi connectivity index (χ4n) is 0. The Bertz CT molecular complexity index is 79.1. The van der Waals surface area contributed by atoms with Crippen LogP contribution in [0.3, 0.4) is 0 Å². The van der Waals surface area contributed by atoms with Gasteiger partial charge in [-0.15, -0.1) is 0 Å². The van der Waals surface area contributed by atoms with E-state index in [0.29, 0.717) is 0 Å². The van der Waals surface area contributed by atoms with Gasteiger partial charge in [-0.1, -0.05) is 0 Å². The number of aliphatic carboxylic acids is 1. The van der Waals surface area contributed by atoms with Gasteiger partial charge in [-0.3, -0.25) is 4.79 Å². The number of hydrogen-bond acceptors (Lipinski definition) is 3. The van der Waals surface area contributed by atoms with Crippen LogP contribution in [-0.4, -0.2) is 11.1 Å². The van der Waals surface area contributed by atoms with Crippen molar-refractivity contribution in [2.75, 3.05) is 0 Å².